The minimum absolute atomic E-state index is 0. The van der Waals surface area contributed by atoms with Crippen molar-refractivity contribution in [2.45, 2.75) is 13.3 Å². The summed E-state index contributed by atoms with van der Waals surface area (Å²) in [5.74, 6) is -0.290. The van der Waals surface area contributed by atoms with Gasteiger partial charge in [0.1, 0.15) is 0 Å². The Morgan fingerprint density at radius 3 is 2.43 bits per heavy atom. The number of ether oxygens (including phenoxy) is 1. The summed E-state index contributed by atoms with van der Waals surface area (Å²) >= 11 is 0. The zero-order valence-corrected chi connectivity index (χ0v) is 8.32. The maximum Gasteiger partial charge on any atom is 0.338 e. The van der Waals surface area contributed by atoms with Gasteiger partial charge in [0, 0.05) is 5.69 Å². The molecule has 0 fully saturated rings. The summed E-state index contributed by atoms with van der Waals surface area (Å²) in [6.07, 6.45) is 0.834. The van der Waals surface area contributed by atoms with Crippen LogP contribution in [0.5, 0.6) is 0 Å². The Kier molecular flexibility index (Phi) is 5.33. The summed E-state index contributed by atoms with van der Waals surface area (Å²) in [4.78, 5) is 11.3. The van der Waals surface area contributed by atoms with E-state index in [0.717, 1.165) is 6.42 Å². The quantitative estimate of drug-likeness (QED) is 0.571. The predicted octanol–water partition coefficient (Wildman–Crippen LogP) is 2.00. The Labute approximate surface area is 83.6 Å². The van der Waals surface area contributed by atoms with Gasteiger partial charge in [0.2, 0.25) is 0 Å². The lowest BCUT2D eigenvalue weighted by Crippen LogP contribution is -2.05. The Bertz CT molecular complexity index is 283. The van der Waals surface area contributed by atoms with Crippen molar-refractivity contribution in [3.63, 3.8) is 0 Å². The van der Waals surface area contributed by atoms with Crippen LogP contribution in [0, 0.1) is 0 Å². The summed E-state index contributed by atoms with van der Waals surface area (Å²) in [5.41, 5.74) is 6.66. The summed E-state index contributed by atoms with van der Waals surface area (Å²) in [7, 11) is 0. The van der Waals surface area contributed by atoms with E-state index in [-0.39, 0.29) is 12.1 Å². The fraction of sp³-hybridized carbons (Fsp3) is 0.300. The monoisotopic (exact) mass is 196 g/mol. The van der Waals surface area contributed by atoms with E-state index in [2.05, 4.69) is 0 Å². The first-order valence-corrected chi connectivity index (χ1v) is 4.26. The van der Waals surface area contributed by atoms with Crippen molar-refractivity contribution in [2.75, 3.05) is 12.3 Å². The average molecular weight is 196 g/mol. The van der Waals surface area contributed by atoms with Crippen LogP contribution in [0.15, 0.2) is 24.3 Å². The van der Waals surface area contributed by atoms with Crippen molar-refractivity contribution in [1.82, 2.24) is 6.15 Å². The Hall–Kier alpha value is -1.55. The second-order valence-electron chi connectivity index (χ2n) is 2.76. The first-order valence-electron chi connectivity index (χ1n) is 4.26. The van der Waals surface area contributed by atoms with Gasteiger partial charge in [-0.3, -0.25) is 0 Å². The standard InChI is InChI=1S/C10H13NO2.H3N/c1-2-7-13-10(12)8-3-5-9(11)6-4-8;/h3-6H,2,7,11H2,1H3;1H3. The first-order chi connectivity index (χ1) is 6.24. The van der Waals surface area contributed by atoms with Gasteiger partial charge in [-0.25, -0.2) is 4.79 Å². The minimum Gasteiger partial charge on any atom is -0.462 e. The van der Waals surface area contributed by atoms with Crippen LogP contribution in [0.25, 0.3) is 0 Å². The number of nitrogen functional groups attached to an aromatic ring is 1. The topological polar surface area (TPSA) is 87.3 Å². The van der Waals surface area contributed by atoms with E-state index < -0.39 is 0 Å². The predicted molar refractivity (Wildman–Crippen MR) is 56.5 cm³/mol. The number of esters is 1. The van der Waals surface area contributed by atoms with Crippen LogP contribution in [0.2, 0.25) is 0 Å². The molecule has 4 nitrogen and oxygen atoms in total. The van der Waals surface area contributed by atoms with Gasteiger partial charge < -0.3 is 16.6 Å². The molecule has 0 atom stereocenters. The molecule has 0 saturated heterocycles. The molecule has 0 amide bonds. The van der Waals surface area contributed by atoms with Gasteiger partial charge in [0.05, 0.1) is 12.2 Å². The Morgan fingerprint density at radius 2 is 1.93 bits per heavy atom. The SMILES string of the molecule is CCCOC(=O)c1ccc(N)cc1.N. The van der Waals surface area contributed by atoms with Gasteiger partial charge in [0.15, 0.2) is 0 Å². The molecular formula is C10H16N2O2. The Balaban J connectivity index is 0.00000169. The highest BCUT2D eigenvalue weighted by Gasteiger charge is 2.04. The van der Waals surface area contributed by atoms with Crippen LogP contribution in [0.1, 0.15) is 23.7 Å². The average Bonchev–Trinajstić information content (AvgIpc) is 2.15. The third kappa shape index (κ3) is 3.45. The number of hydrogen-bond acceptors (Lipinski definition) is 4. The number of nitrogens with two attached hydrogens (primary N) is 1. The lowest BCUT2D eigenvalue weighted by Gasteiger charge is -2.02. The van der Waals surface area contributed by atoms with Crippen molar-refractivity contribution in [2.24, 2.45) is 0 Å². The zero-order chi connectivity index (χ0) is 9.68. The van der Waals surface area contributed by atoms with E-state index in [4.69, 9.17) is 10.5 Å². The van der Waals surface area contributed by atoms with Crippen LogP contribution in [0.4, 0.5) is 5.69 Å². The van der Waals surface area contributed by atoms with Crippen LogP contribution < -0.4 is 11.9 Å². The third-order valence-corrected chi connectivity index (χ3v) is 1.58. The van der Waals surface area contributed by atoms with E-state index in [0.29, 0.717) is 17.9 Å². The molecule has 1 rings (SSSR count). The van der Waals surface area contributed by atoms with E-state index in [1.807, 2.05) is 6.92 Å². The summed E-state index contributed by atoms with van der Waals surface area (Å²) < 4.78 is 4.94. The van der Waals surface area contributed by atoms with Crippen molar-refractivity contribution in [3.8, 4) is 0 Å². The number of anilines is 1. The number of rotatable bonds is 3. The molecule has 1 aromatic carbocycles. The maximum atomic E-state index is 11.3. The molecule has 0 bridgehead atoms. The smallest absolute Gasteiger partial charge is 0.338 e. The van der Waals surface area contributed by atoms with E-state index in [1.165, 1.54) is 0 Å². The summed E-state index contributed by atoms with van der Waals surface area (Å²) in [6, 6.07) is 6.69. The summed E-state index contributed by atoms with van der Waals surface area (Å²) in [6.45, 7) is 2.42. The molecule has 78 valence electrons. The molecule has 0 aromatic heterocycles. The van der Waals surface area contributed by atoms with Crippen molar-refractivity contribution in [1.29, 1.82) is 0 Å². The molecule has 0 spiro atoms. The van der Waals surface area contributed by atoms with Gasteiger partial charge in [0.25, 0.3) is 0 Å². The zero-order valence-electron chi connectivity index (χ0n) is 8.32. The fourth-order valence-electron chi connectivity index (χ4n) is 0.897. The van der Waals surface area contributed by atoms with Crippen LogP contribution in [-0.2, 0) is 4.74 Å². The molecule has 0 aliphatic carbocycles. The second kappa shape index (κ2) is 5.99. The second-order valence-corrected chi connectivity index (χ2v) is 2.76. The van der Waals surface area contributed by atoms with Crippen molar-refractivity contribution >= 4 is 11.7 Å². The van der Waals surface area contributed by atoms with Gasteiger partial charge in [-0.05, 0) is 30.7 Å². The summed E-state index contributed by atoms with van der Waals surface area (Å²) in [5, 5.41) is 0. The molecule has 0 unspecified atom stereocenters. The molecule has 5 N–H and O–H groups in total. The first kappa shape index (κ1) is 12.4. The van der Waals surface area contributed by atoms with Crippen LogP contribution >= 0.6 is 0 Å². The number of hydrogen-bond donors (Lipinski definition) is 2. The van der Waals surface area contributed by atoms with E-state index >= 15 is 0 Å². The normalized spacial score (nSPS) is 8.93. The van der Waals surface area contributed by atoms with E-state index in [1.54, 1.807) is 24.3 Å². The van der Waals surface area contributed by atoms with Crippen molar-refractivity contribution in [3.05, 3.63) is 29.8 Å². The maximum absolute atomic E-state index is 11.3. The molecule has 0 aliphatic rings. The lowest BCUT2D eigenvalue weighted by molar-refractivity contribution is 0.0505. The molecule has 1 aromatic rings. The van der Waals surface area contributed by atoms with Crippen molar-refractivity contribution < 1.29 is 9.53 Å². The number of carbonyl (C=O) groups excluding carboxylic acids is 1. The van der Waals surface area contributed by atoms with E-state index in [9.17, 15) is 4.79 Å². The van der Waals surface area contributed by atoms with Gasteiger partial charge in [-0.15, -0.1) is 0 Å². The van der Waals surface area contributed by atoms with Crippen LogP contribution in [-0.4, -0.2) is 12.6 Å². The molecule has 0 heterocycles. The lowest BCUT2D eigenvalue weighted by atomic mass is 10.2. The molecular weight excluding hydrogens is 180 g/mol. The fourth-order valence-corrected chi connectivity index (χ4v) is 0.897. The molecule has 0 saturated carbocycles. The third-order valence-electron chi connectivity index (χ3n) is 1.58. The molecule has 0 radical (unpaired) electrons. The number of benzene rings is 1. The van der Waals surface area contributed by atoms with Gasteiger partial charge >= 0.3 is 5.97 Å². The van der Waals surface area contributed by atoms with Gasteiger partial charge in [-0.2, -0.15) is 0 Å². The Morgan fingerprint density at radius 1 is 1.36 bits per heavy atom. The highest BCUT2D eigenvalue weighted by atomic mass is 16.5. The molecule has 14 heavy (non-hydrogen) atoms. The molecule has 0 aliphatic heterocycles. The van der Waals surface area contributed by atoms with Crippen LogP contribution in [0.3, 0.4) is 0 Å². The van der Waals surface area contributed by atoms with Gasteiger partial charge in [-0.1, -0.05) is 6.92 Å². The molecule has 4 heteroatoms. The highest BCUT2D eigenvalue weighted by molar-refractivity contribution is 5.89. The number of carbonyl (C=O) groups is 1. The largest absolute Gasteiger partial charge is 0.462 e. The minimum atomic E-state index is -0.290. The highest BCUT2D eigenvalue weighted by Crippen LogP contribution is 2.06.